The van der Waals surface area contributed by atoms with Gasteiger partial charge in [0.2, 0.25) is 44.4 Å². The Hall–Kier alpha value is 2.42. The van der Waals surface area contributed by atoms with Gasteiger partial charge in [-0.2, -0.15) is 0 Å². The first-order valence-corrected chi connectivity index (χ1v) is 7.22. The molecule has 0 aliphatic heterocycles. The van der Waals surface area contributed by atoms with Crippen molar-refractivity contribution in [1.29, 1.82) is 0 Å². The van der Waals surface area contributed by atoms with E-state index in [1.54, 1.807) is 0 Å². The molecule has 0 aromatic rings. The van der Waals surface area contributed by atoms with Crippen LogP contribution in [-0.4, -0.2) is 0 Å². The molecular formula is Br3O9Sm-3. The van der Waals surface area contributed by atoms with E-state index in [2.05, 4.69) is 0 Å². The molecule has 0 atom stereocenters. The van der Waals surface area contributed by atoms with Crippen LogP contribution in [-0.2, 0) is 0 Å². The second-order valence-electron chi connectivity index (χ2n) is 0.567. The van der Waals surface area contributed by atoms with E-state index in [1.165, 1.54) is 0 Å². The summed E-state index contributed by atoms with van der Waals surface area (Å²) in [6, 6.07) is 0. The largest absolute Gasteiger partial charge is 0.405 e. The molecule has 0 aromatic carbocycles. The first-order valence-electron chi connectivity index (χ1n) is 1.39. The molecule has 0 rings (SSSR count). The molecule has 0 spiro atoms. The Morgan fingerprint density at radius 2 is 0.385 bits per heavy atom. The van der Waals surface area contributed by atoms with Gasteiger partial charge in [-0.25, -0.2) is 0 Å². The molecule has 0 saturated heterocycles. The quantitative estimate of drug-likeness (QED) is 0.289. The Morgan fingerprint density at radius 3 is 0.385 bits per heavy atom. The van der Waals surface area contributed by atoms with E-state index in [1.807, 2.05) is 0 Å². The molecular weight excluding hydrogens is 534 g/mol. The van der Waals surface area contributed by atoms with Crippen molar-refractivity contribution in [2.24, 2.45) is 0 Å². The standard InChI is InChI=1S/3BrO3.Sm/c3*2-1(3)4;/q3*-1;. The maximum absolute atomic E-state index is 8.52. The van der Waals surface area contributed by atoms with E-state index in [0.29, 0.717) is 0 Å². The fraction of sp³-hybridized carbons (Fsp3) is 0. The minimum atomic E-state index is -3.65. The van der Waals surface area contributed by atoms with E-state index in [0.717, 1.165) is 0 Å². The van der Waals surface area contributed by atoms with Gasteiger partial charge in [0, 0.05) is 40.4 Å². The topological polar surface area (TPSA) is 208 Å². The van der Waals surface area contributed by atoms with Crippen LogP contribution in [0.15, 0.2) is 0 Å². The van der Waals surface area contributed by atoms with E-state index < -0.39 is 44.4 Å². The van der Waals surface area contributed by atoms with Gasteiger partial charge in [-0.3, -0.25) is 0 Å². The molecule has 0 radical (unpaired) electrons. The molecule has 13 heavy (non-hydrogen) atoms. The van der Waals surface area contributed by atoms with Crippen LogP contribution < -0.4 is 37.8 Å². The van der Waals surface area contributed by atoms with Gasteiger partial charge in [0.25, 0.3) is 0 Å². The Balaban J connectivity index is -0.0000000450. The number of rotatable bonds is 0. The smallest absolute Gasteiger partial charge is 0.216 e. The summed E-state index contributed by atoms with van der Waals surface area (Å²) in [5, 5.41) is 0. The van der Waals surface area contributed by atoms with Crippen molar-refractivity contribution in [3.05, 3.63) is 0 Å². The van der Waals surface area contributed by atoms with E-state index in [4.69, 9.17) is 37.8 Å². The van der Waals surface area contributed by atoms with Gasteiger partial charge in [0.1, 0.15) is 0 Å². The number of hydrogen-bond donors (Lipinski definition) is 0. The molecule has 0 aliphatic rings. The van der Waals surface area contributed by atoms with Crippen LogP contribution in [0.5, 0.6) is 0 Å². The van der Waals surface area contributed by atoms with Gasteiger partial charge in [0.15, 0.2) is 0 Å². The van der Waals surface area contributed by atoms with Crippen molar-refractivity contribution in [3.8, 4) is 0 Å². The third-order valence-electron chi connectivity index (χ3n) is 0. The van der Waals surface area contributed by atoms with Gasteiger partial charge >= 0.3 is 0 Å². The Morgan fingerprint density at radius 1 is 0.385 bits per heavy atom. The summed E-state index contributed by atoms with van der Waals surface area (Å²) >= 11 is -10.9. The predicted molar refractivity (Wildman–Crippen MR) is 0 cm³/mol. The fourth-order valence-corrected chi connectivity index (χ4v) is 0. The molecule has 0 unspecified atom stereocenters. The molecule has 0 aliphatic carbocycles. The Labute approximate surface area is 121 Å². The van der Waals surface area contributed by atoms with Crippen LogP contribution in [0, 0.1) is 84.8 Å². The molecule has 0 N–H and O–H groups in total. The van der Waals surface area contributed by atoms with Crippen LogP contribution in [0.4, 0.5) is 0 Å². The molecule has 9 nitrogen and oxygen atoms in total. The summed E-state index contributed by atoms with van der Waals surface area (Å²) < 4.78 is 76.7. The average molecular weight is 534 g/mol. The molecule has 0 bridgehead atoms. The normalized spacial score (nSPS) is 8.31. The third-order valence-corrected chi connectivity index (χ3v) is 0. The summed E-state index contributed by atoms with van der Waals surface area (Å²) in [5.74, 6) is 0. The SMILES string of the molecule is [O-][Br+2]([O-])[O-].[O-][Br+2]([O-])[O-].[O-][Br+2]([O-])[O-].[Sm]. The Bertz CT molecular complexity index is 43.4. The average Bonchev–Trinajstić information content (AvgIpc) is 1.54. The van der Waals surface area contributed by atoms with Crippen molar-refractivity contribution in [2.45, 2.75) is 0 Å². The first kappa shape index (κ1) is 24.6. The molecule has 0 heterocycles. The zero-order valence-corrected chi connectivity index (χ0v) is 12.6. The summed E-state index contributed by atoms with van der Waals surface area (Å²) in [5.41, 5.74) is 0. The maximum Gasteiger partial charge on any atom is 0.216 e. The second kappa shape index (κ2) is 19.9. The molecule has 84 valence electrons. The summed E-state index contributed by atoms with van der Waals surface area (Å²) in [7, 11) is 0. The van der Waals surface area contributed by atoms with E-state index >= 15 is 0 Å². The molecule has 0 aromatic heterocycles. The molecule has 0 fully saturated rings. The van der Waals surface area contributed by atoms with Crippen LogP contribution in [0.3, 0.4) is 0 Å². The van der Waals surface area contributed by atoms with Crippen molar-refractivity contribution in [2.75, 3.05) is 0 Å². The first-order chi connectivity index (χ1) is 5.20. The minimum Gasteiger partial charge on any atom is -0.405 e. The maximum atomic E-state index is 8.52. The van der Waals surface area contributed by atoms with Gasteiger partial charge in [-0.15, -0.1) is 0 Å². The molecule has 0 saturated carbocycles. The van der Waals surface area contributed by atoms with Gasteiger partial charge in [0.05, 0.1) is 0 Å². The van der Waals surface area contributed by atoms with Gasteiger partial charge < -0.3 is 37.8 Å². The third kappa shape index (κ3) is 380. The van der Waals surface area contributed by atoms with Crippen LogP contribution >= 0.6 is 0 Å². The molecule has 13 heteroatoms. The van der Waals surface area contributed by atoms with Crippen LogP contribution in [0.1, 0.15) is 0 Å². The zero-order valence-electron chi connectivity index (χ0n) is 5.22. The predicted octanol–water partition coefficient (Wildman–Crippen LogP) is -10.7. The van der Waals surface area contributed by atoms with E-state index in [9.17, 15) is 0 Å². The summed E-state index contributed by atoms with van der Waals surface area (Å²) in [4.78, 5) is 0. The van der Waals surface area contributed by atoms with Gasteiger partial charge in [-0.1, -0.05) is 0 Å². The van der Waals surface area contributed by atoms with Crippen molar-refractivity contribution in [1.82, 2.24) is 0 Å². The van der Waals surface area contributed by atoms with Crippen LogP contribution in [0.2, 0.25) is 0 Å². The Kier molecular flexibility index (Phi) is 37.7. The second-order valence-corrected chi connectivity index (χ2v) is 2.95. The molecule has 0 amide bonds. The van der Waals surface area contributed by atoms with Crippen molar-refractivity contribution >= 4 is 0 Å². The van der Waals surface area contributed by atoms with Crippen LogP contribution in [0.25, 0.3) is 0 Å². The van der Waals surface area contributed by atoms with Crippen molar-refractivity contribution in [3.63, 3.8) is 0 Å². The minimum absolute atomic E-state index is 0. The fourth-order valence-electron chi connectivity index (χ4n) is 0. The summed E-state index contributed by atoms with van der Waals surface area (Å²) in [6.45, 7) is 0. The van der Waals surface area contributed by atoms with E-state index in [-0.39, 0.29) is 40.4 Å². The van der Waals surface area contributed by atoms with Crippen molar-refractivity contribution < 1.29 is 123 Å². The van der Waals surface area contributed by atoms with Gasteiger partial charge in [-0.05, 0) is 0 Å². The number of halogens is 3. The summed E-state index contributed by atoms with van der Waals surface area (Å²) in [6.07, 6.45) is 0. The number of hydrogen-bond acceptors (Lipinski definition) is 9. The zero-order chi connectivity index (χ0) is 10.7. The monoisotopic (exact) mass is 533 g/mol.